The van der Waals surface area contributed by atoms with Crippen molar-refractivity contribution in [1.29, 1.82) is 0 Å². The molecule has 1 aromatic carbocycles. The number of hydrogen-bond donors (Lipinski definition) is 1. The normalized spacial score (nSPS) is 10.5. The second kappa shape index (κ2) is 3.92. The Labute approximate surface area is 85.4 Å². The summed E-state index contributed by atoms with van der Waals surface area (Å²) in [6.45, 7) is 3.87. The Hall–Kier alpha value is -0.830. The van der Waals surface area contributed by atoms with Crippen molar-refractivity contribution in [3.8, 4) is 5.75 Å². The minimum absolute atomic E-state index is 0.145. The molecule has 0 aliphatic rings. The molecular weight excluding hydrogens is 232 g/mol. The Morgan fingerprint density at radius 1 is 1.38 bits per heavy atom. The van der Waals surface area contributed by atoms with E-state index in [1.54, 1.807) is 18.2 Å². The summed E-state index contributed by atoms with van der Waals surface area (Å²) < 4.78 is 0.386. The van der Waals surface area contributed by atoms with Gasteiger partial charge in [0.05, 0.1) is 4.47 Å². The first-order chi connectivity index (χ1) is 6.04. The highest BCUT2D eigenvalue weighted by Crippen LogP contribution is 2.21. The van der Waals surface area contributed by atoms with Crippen LogP contribution in [0.3, 0.4) is 0 Å². The van der Waals surface area contributed by atoms with Gasteiger partial charge in [-0.15, -0.1) is 0 Å². The maximum Gasteiger partial charge on any atom is 0.234 e. The predicted octanol–water partition coefficient (Wildman–Crippen LogP) is 2.64. The summed E-state index contributed by atoms with van der Waals surface area (Å²) in [5.74, 6) is -0.0149. The minimum Gasteiger partial charge on any atom is -0.504 e. The predicted molar refractivity (Wildman–Crippen MR) is 56.2 cm³/mol. The Kier molecular flexibility index (Phi) is 3.09. The van der Waals surface area contributed by atoms with Gasteiger partial charge in [0.15, 0.2) is 5.75 Å². The van der Waals surface area contributed by atoms with E-state index in [9.17, 15) is 9.90 Å². The largest absolute Gasteiger partial charge is 0.504 e. The molecule has 0 aromatic heterocycles. The van der Waals surface area contributed by atoms with Crippen molar-refractivity contribution in [3.63, 3.8) is 0 Å². The monoisotopic (exact) mass is 242 g/mol. The van der Waals surface area contributed by atoms with Crippen LogP contribution in [0.1, 0.15) is 25.3 Å². The zero-order valence-corrected chi connectivity index (χ0v) is 9.13. The molecule has 70 valence electrons. The average molecular weight is 243 g/mol. The van der Waals surface area contributed by atoms with E-state index in [2.05, 4.69) is 15.9 Å². The molecule has 0 saturated heterocycles. The molecule has 0 saturated carbocycles. The van der Waals surface area contributed by atoms with Crippen LogP contribution in [0.2, 0.25) is 0 Å². The van der Waals surface area contributed by atoms with Crippen molar-refractivity contribution in [1.82, 2.24) is 0 Å². The minimum atomic E-state index is -0.353. The summed E-state index contributed by atoms with van der Waals surface area (Å²) >= 11 is 3.09. The average Bonchev–Trinajstić information content (AvgIpc) is 2.18. The van der Waals surface area contributed by atoms with Crippen LogP contribution in [0.25, 0.3) is 0 Å². The standard InChI is InChI=1S/C10H11BrO2/c1-6(2)7-4-3-5-8(11)10(13)9(7)12/h3-6H,1-2H3,(H,12,13). The van der Waals surface area contributed by atoms with Gasteiger partial charge in [-0.3, -0.25) is 4.79 Å². The van der Waals surface area contributed by atoms with Crippen LogP contribution in [0.15, 0.2) is 27.5 Å². The second-order valence-corrected chi connectivity index (χ2v) is 4.02. The molecule has 0 atom stereocenters. The zero-order chi connectivity index (χ0) is 10.0. The van der Waals surface area contributed by atoms with Gasteiger partial charge in [-0.25, -0.2) is 0 Å². The lowest BCUT2D eigenvalue weighted by atomic mass is 10.0. The quantitative estimate of drug-likeness (QED) is 0.823. The van der Waals surface area contributed by atoms with Gasteiger partial charge in [0.25, 0.3) is 0 Å². The van der Waals surface area contributed by atoms with E-state index < -0.39 is 0 Å². The first-order valence-corrected chi connectivity index (χ1v) is 4.85. The smallest absolute Gasteiger partial charge is 0.234 e. The molecule has 1 N–H and O–H groups in total. The number of hydrogen-bond acceptors (Lipinski definition) is 2. The SMILES string of the molecule is CC(C)c1cccc(Br)c(=O)c1O. The Morgan fingerprint density at radius 2 is 2.00 bits per heavy atom. The highest BCUT2D eigenvalue weighted by molar-refractivity contribution is 9.10. The Morgan fingerprint density at radius 3 is 2.54 bits per heavy atom. The van der Waals surface area contributed by atoms with Crippen LogP contribution in [-0.4, -0.2) is 5.11 Å². The first-order valence-electron chi connectivity index (χ1n) is 4.05. The van der Waals surface area contributed by atoms with Crippen LogP contribution in [0.4, 0.5) is 0 Å². The molecular formula is C10H11BrO2. The summed E-state index contributed by atoms with van der Waals surface area (Å²) in [4.78, 5) is 11.4. The van der Waals surface area contributed by atoms with Crippen LogP contribution in [-0.2, 0) is 0 Å². The van der Waals surface area contributed by atoms with E-state index in [-0.39, 0.29) is 17.1 Å². The van der Waals surface area contributed by atoms with Crippen molar-refractivity contribution >= 4 is 15.9 Å². The van der Waals surface area contributed by atoms with E-state index >= 15 is 0 Å². The van der Waals surface area contributed by atoms with Gasteiger partial charge in [0.1, 0.15) is 0 Å². The van der Waals surface area contributed by atoms with Crippen molar-refractivity contribution in [2.24, 2.45) is 0 Å². The lowest BCUT2D eigenvalue weighted by molar-refractivity contribution is 0.460. The van der Waals surface area contributed by atoms with Gasteiger partial charge in [0.2, 0.25) is 5.43 Å². The van der Waals surface area contributed by atoms with E-state index in [1.807, 2.05) is 13.8 Å². The highest BCUT2D eigenvalue weighted by Gasteiger charge is 2.08. The fraction of sp³-hybridized carbons (Fsp3) is 0.300. The summed E-state index contributed by atoms with van der Waals surface area (Å²) in [6, 6.07) is 5.14. The van der Waals surface area contributed by atoms with Gasteiger partial charge in [-0.2, -0.15) is 0 Å². The molecule has 1 aromatic rings. The first kappa shape index (κ1) is 10.3. The second-order valence-electron chi connectivity index (χ2n) is 3.16. The fourth-order valence-electron chi connectivity index (χ4n) is 1.10. The molecule has 0 aliphatic carbocycles. The summed E-state index contributed by atoms with van der Waals surface area (Å²) in [6.07, 6.45) is 0. The summed E-state index contributed by atoms with van der Waals surface area (Å²) in [5.41, 5.74) is 0.324. The highest BCUT2D eigenvalue weighted by atomic mass is 79.9. The van der Waals surface area contributed by atoms with Crippen LogP contribution >= 0.6 is 15.9 Å². The van der Waals surface area contributed by atoms with Crippen LogP contribution < -0.4 is 5.43 Å². The zero-order valence-electron chi connectivity index (χ0n) is 7.54. The maximum atomic E-state index is 11.4. The van der Waals surface area contributed by atoms with Crippen LogP contribution in [0.5, 0.6) is 5.75 Å². The van der Waals surface area contributed by atoms with E-state index in [0.717, 1.165) is 0 Å². The van der Waals surface area contributed by atoms with Gasteiger partial charge < -0.3 is 5.11 Å². The molecule has 0 bridgehead atoms. The third-order valence-corrected chi connectivity index (χ3v) is 2.47. The molecule has 0 unspecified atom stereocenters. The summed E-state index contributed by atoms with van der Waals surface area (Å²) in [7, 11) is 0. The molecule has 3 heteroatoms. The number of rotatable bonds is 1. The van der Waals surface area contributed by atoms with Crippen molar-refractivity contribution in [2.45, 2.75) is 19.8 Å². The fourth-order valence-corrected chi connectivity index (χ4v) is 1.44. The summed E-state index contributed by atoms with van der Waals surface area (Å²) in [5, 5.41) is 9.57. The topological polar surface area (TPSA) is 37.3 Å². The van der Waals surface area contributed by atoms with Gasteiger partial charge in [-0.1, -0.05) is 26.0 Å². The number of aromatic hydroxyl groups is 1. The molecule has 0 fully saturated rings. The van der Waals surface area contributed by atoms with Crippen molar-refractivity contribution < 1.29 is 5.11 Å². The lowest BCUT2D eigenvalue weighted by Crippen LogP contribution is -2.00. The molecule has 0 aliphatic heterocycles. The Balaban J connectivity index is 3.53. The van der Waals surface area contributed by atoms with Crippen molar-refractivity contribution in [2.75, 3.05) is 0 Å². The van der Waals surface area contributed by atoms with E-state index in [1.165, 1.54) is 0 Å². The van der Waals surface area contributed by atoms with E-state index in [4.69, 9.17) is 0 Å². The third-order valence-electron chi connectivity index (χ3n) is 1.85. The molecule has 2 nitrogen and oxygen atoms in total. The van der Waals surface area contributed by atoms with Gasteiger partial charge >= 0.3 is 0 Å². The Bertz CT molecular complexity index is 372. The molecule has 0 radical (unpaired) electrons. The molecule has 0 amide bonds. The van der Waals surface area contributed by atoms with Gasteiger partial charge in [0, 0.05) is 5.56 Å². The van der Waals surface area contributed by atoms with Crippen LogP contribution in [0, 0.1) is 0 Å². The lowest BCUT2D eigenvalue weighted by Gasteiger charge is -2.02. The van der Waals surface area contributed by atoms with E-state index in [0.29, 0.717) is 10.0 Å². The molecule has 0 spiro atoms. The molecule has 0 heterocycles. The van der Waals surface area contributed by atoms with Crippen molar-refractivity contribution in [3.05, 3.63) is 38.5 Å². The molecule has 1 rings (SSSR count). The molecule has 13 heavy (non-hydrogen) atoms. The maximum absolute atomic E-state index is 11.4. The van der Waals surface area contributed by atoms with Gasteiger partial charge in [-0.05, 0) is 27.9 Å². The number of halogens is 1. The third kappa shape index (κ3) is 2.10.